The zero-order valence-electron chi connectivity index (χ0n) is 6.30. The lowest BCUT2D eigenvalue weighted by molar-refractivity contribution is 0.898. The van der Waals surface area contributed by atoms with Crippen LogP contribution in [0.25, 0.3) is 0 Å². The normalized spacial score (nSPS) is 9.60. The molecular formula is C8H12AlN. The third-order valence-corrected chi connectivity index (χ3v) is 2.01. The van der Waals surface area contributed by atoms with Crippen LogP contribution in [-0.2, 0) is 6.42 Å². The lowest BCUT2D eigenvalue weighted by Crippen LogP contribution is -2.11. The van der Waals surface area contributed by atoms with Crippen molar-refractivity contribution in [3.05, 3.63) is 35.9 Å². The predicted molar refractivity (Wildman–Crippen MR) is 46.7 cm³/mol. The fourth-order valence-electron chi connectivity index (χ4n) is 0.914. The van der Waals surface area contributed by atoms with Crippen molar-refractivity contribution in [2.45, 2.75) is 6.42 Å². The first-order valence-corrected chi connectivity index (χ1v) is 4.62. The highest BCUT2D eigenvalue weighted by molar-refractivity contribution is 6.04. The van der Waals surface area contributed by atoms with Gasteiger partial charge in [0, 0.05) is 0 Å². The molecule has 0 saturated heterocycles. The number of benzene rings is 1. The molecular weight excluding hydrogens is 137 g/mol. The Kier molecular flexibility index (Phi) is 3.53. The van der Waals surface area contributed by atoms with Crippen molar-refractivity contribution in [1.82, 2.24) is 4.30 Å². The van der Waals surface area contributed by atoms with Crippen molar-refractivity contribution < 1.29 is 0 Å². The van der Waals surface area contributed by atoms with E-state index in [0.717, 1.165) is 29.5 Å². The van der Waals surface area contributed by atoms with E-state index in [-0.39, 0.29) is 0 Å². The molecule has 2 heteroatoms. The number of rotatable bonds is 3. The molecule has 0 fully saturated rings. The second-order valence-corrected chi connectivity index (χ2v) is 3.05. The Morgan fingerprint density at radius 1 is 1.20 bits per heavy atom. The number of hydrogen-bond donors (Lipinski definition) is 1. The van der Waals surface area contributed by atoms with Gasteiger partial charge in [-0.25, -0.2) is 0 Å². The van der Waals surface area contributed by atoms with E-state index in [1.54, 1.807) is 0 Å². The van der Waals surface area contributed by atoms with Gasteiger partial charge in [0.2, 0.25) is 0 Å². The van der Waals surface area contributed by atoms with Crippen LogP contribution in [0.5, 0.6) is 0 Å². The van der Waals surface area contributed by atoms with E-state index in [9.17, 15) is 0 Å². The Balaban J connectivity index is 2.43. The Morgan fingerprint density at radius 2 is 1.90 bits per heavy atom. The molecule has 0 unspecified atom stereocenters. The van der Waals surface area contributed by atoms with Crippen LogP contribution < -0.4 is 4.30 Å². The summed E-state index contributed by atoms with van der Waals surface area (Å²) in [5, 5.41) is 0. The summed E-state index contributed by atoms with van der Waals surface area (Å²) >= 11 is 1.10. The minimum atomic E-state index is 1.10. The summed E-state index contributed by atoms with van der Waals surface area (Å²) in [5.74, 6) is 0. The SMILES string of the molecule is [AlH2][NH]CCc1ccccc1. The van der Waals surface area contributed by atoms with Gasteiger partial charge in [0.15, 0.2) is 0 Å². The standard InChI is InChI=1S/C8H10N.Al.2H/c9-7-6-8-4-2-1-3-5-8;;;/h1-5,9H,6-7H2;;;/q-1;+1;;. The van der Waals surface area contributed by atoms with E-state index < -0.39 is 0 Å². The molecule has 10 heavy (non-hydrogen) atoms. The van der Waals surface area contributed by atoms with Crippen molar-refractivity contribution in [3.63, 3.8) is 0 Å². The minimum Gasteiger partial charge on any atom is -0.404 e. The maximum atomic E-state index is 3.26. The highest BCUT2D eigenvalue weighted by atomic mass is 27.1. The van der Waals surface area contributed by atoms with Gasteiger partial charge in [0.25, 0.3) is 0 Å². The monoisotopic (exact) mass is 149 g/mol. The first kappa shape index (κ1) is 7.82. The van der Waals surface area contributed by atoms with E-state index in [4.69, 9.17) is 0 Å². The molecule has 52 valence electrons. The highest BCUT2D eigenvalue weighted by Gasteiger charge is 1.86. The van der Waals surface area contributed by atoms with Gasteiger partial charge in [0.05, 0.1) is 0 Å². The van der Waals surface area contributed by atoms with Gasteiger partial charge in [-0.3, -0.25) is 0 Å². The Hall–Kier alpha value is -0.288. The molecule has 0 atom stereocenters. The quantitative estimate of drug-likeness (QED) is 0.612. The van der Waals surface area contributed by atoms with Crippen molar-refractivity contribution in [2.75, 3.05) is 6.54 Å². The molecule has 0 saturated carbocycles. The first-order valence-electron chi connectivity index (χ1n) is 3.62. The van der Waals surface area contributed by atoms with Gasteiger partial charge in [-0.05, 0) is 18.5 Å². The van der Waals surface area contributed by atoms with E-state index in [1.807, 2.05) is 0 Å². The Bertz CT molecular complexity index is 174. The molecule has 1 N–H and O–H groups in total. The number of hydrogen-bond acceptors (Lipinski definition) is 1. The molecule has 1 aromatic rings. The molecule has 0 spiro atoms. The molecule has 0 aromatic heterocycles. The summed E-state index contributed by atoms with van der Waals surface area (Å²) in [4.78, 5) is 0. The smallest absolute Gasteiger partial charge is 0.318 e. The van der Waals surface area contributed by atoms with Crippen LogP contribution in [-0.4, -0.2) is 23.1 Å². The summed E-state index contributed by atoms with van der Waals surface area (Å²) in [6, 6.07) is 10.6. The van der Waals surface area contributed by atoms with E-state index in [2.05, 4.69) is 34.6 Å². The molecule has 0 amide bonds. The van der Waals surface area contributed by atoms with Crippen molar-refractivity contribution >= 4 is 16.5 Å². The zero-order chi connectivity index (χ0) is 7.23. The van der Waals surface area contributed by atoms with Crippen LogP contribution in [0.3, 0.4) is 0 Å². The third-order valence-electron chi connectivity index (χ3n) is 1.51. The predicted octanol–water partition coefficient (Wildman–Crippen LogP) is 0.367. The van der Waals surface area contributed by atoms with Crippen LogP contribution in [0.15, 0.2) is 30.3 Å². The molecule has 1 rings (SSSR count). The second-order valence-electron chi connectivity index (χ2n) is 2.34. The molecule has 0 heterocycles. The van der Waals surface area contributed by atoms with Crippen molar-refractivity contribution in [3.8, 4) is 0 Å². The molecule has 1 aromatic carbocycles. The van der Waals surface area contributed by atoms with Gasteiger partial charge >= 0.3 is 16.5 Å². The van der Waals surface area contributed by atoms with Gasteiger partial charge in [-0.15, -0.1) is 0 Å². The van der Waals surface area contributed by atoms with E-state index in [0.29, 0.717) is 0 Å². The van der Waals surface area contributed by atoms with Gasteiger partial charge in [-0.1, -0.05) is 30.3 Å². The number of nitrogens with one attached hydrogen (secondary N) is 1. The maximum Gasteiger partial charge on any atom is 0.318 e. The fourth-order valence-corrected chi connectivity index (χ4v) is 1.16. The van der Waals surface area contributed by atoms with Crippen molar-refractivity contribution in [2.24, 2.45) is 0 Å². The minimum absolute atomic E-state index is 1.10. The van der Waals surface area contributed by atoms with Crippen LogP contribution in [0, 0.1) is 0 Å². The average Bonchev–Trinajstić information content (AvgIpc) is 2.03. The summed E-state index contributed by atoms with van der Waals surface area (Å²) in [7, 11) is 0. The maximum absolute atomic E-state index is 3.26. The molecule has 0 aliphatic rings. The first-order chi connectivity index (χ1) is 4.93. The molecule has 0 aliphatic carbocycles. The van der Waals surface area contributed by atoms with Gasteiger partial charge < -0.3 is 4.30 Å². The fraction of sp³-hybridized carbons (Fsp3) is 0.250. The Labute approximate surface area is 70.1 Å². The molecule has 0 radical (unpaired) electrons. The van der Waals surface area contributed by atoms with Gasteiger partial charge in [-0.2, -0.15) is 0 Å². The largest absolute Gasteiger partial charge is 0.404 e. The van der Waals surface area contributed by atoms with Crippen LogP contribution >= 0.6 is 0 Å². The summed E-state index contributed by atoms with van der Waals surface area (Å²) in [5.41, 5.74) is 1.42. The molecule has 0 aliphatic heterocycles. The molecule has 1 nitrogen and oxygen atoms in total. The lowest BCUT2D eigenvalue weighted by Gasteiger charge is -1.98. The topological polar surface area (TPSA) is 12.0 Å². The summed E-state index contributed by atoms with van der Waals surface area (Å²) < 4.78 is 3.26. The zero-order valence-corrected chi connectivity index (χ0v) is 8.30. The second kappa shape index (κ2) is 4.52. The lowest BCUT2D eigenvalue weighted by atomic mass is 10.2. The third kappa shape index (κ3) is 2.53. The van der Waals surface area contributed by atoms with Crippen LogP contribution in [0.4, 0.5) is 0 Å². The van der Waals surface area contributed by atoms with Gasteiger partial charge in [0.1, 0.15) is 0 Å². The Morgan fingerprint density at radius 3 is 2.50 bits per heavy atom. The summed E-state index contributed by atoms with van der Waals surface area (Å²) in [6.45, 7) is 1.12. The molecule has 0 bridgehead atoms. The van der Waals surface area contributed by atoms with E-state index >= 15 is 0 Å². The highest BCUT2D eigenvalue weighted by Crippen LogP contribution is 1.97. The van der Waals surface area contributed by atoms with Crippen molar-refractivity contribution in [1.29, 1.82) is 0 Å². The average molecular weight is 149 g/mol. The van der Waals surface area contributed by atoms with Crippen LogP contribution in [0.1, 0.15) is 5.56 Å². The van der Waals surface area contributed by atoms with E-state index in [1.165, 1.54) is 5.56 Å². The van der Waals surface area contributed by atoms with Crippen LogP contribution in [0.2, 0.25) is 0 Å². The summed E-state index contributed by atoms with van der Waals surface area (Å²) in [6.07, 6.45) is 1.16.